The van der Waals surface area contributed by atoms with Crippen molar-refractivity contribution in [1.29, 1.82) is 0 Å². The molecule has 0 saturated heterocycles. The Morgan fingerprint density at radius 3 is 2.22 bits per heavy atom. The van der Waals surface area contributed by atoms with Gasteiger partial charge in [-0.25, -0.2) is 4.98 Å². The summed E-state index contributed by atoms with van der Waals surface area (Å²) >= 11 is 6.60. The van der Waals surface area contributed by atoms with Crippen molar-refractivity contribution in [3.63, 3.8) is 0 Å². The number of fused-ring (bicyclic) bond motifs is 1. The first-order chi connectivity index (χ1) is 13.1. The van der Waals surface area contributed by atoms with Gasteiger partial charge in [0.25, 0.3) is 0 Å². The van der Waals surface area contributed by atoms with Crippen LogP contribution in [0.25, 0.3) is 10.2 Å². The van der Waals surface area contributed by atoms with Crippen molar-refractivity contribution in [2.75, 3.05) is 13.7 Å². The maximum atomic E-state index is 5.10. The molecule has 2 aromatic carbocycles. The lowest BCUT2D eigenvalue weighted by atomic mass is 10.1. The number of hydrogen-bond acceptors (Lipinski definition) is 6. The van der Waals surface area contributed by atoms with Gasteiger partial charge < -0.3 is 4.74 Å². The molecule has 148 valence electrons. The molecule has 6 heteroatoms. The maximum Gasteiger partial charge on any atom is 0.151 e. The highest BCUT2D eigenvalue weighted by Gasteiger charge is 2.04. The van der Waals surface area contributed by atoms with E-state index < -0.39 is 0 Å². The van der Waals surface area contributed by atoms with Crippen LogP contribution in [0, 0.1) is 5.92 Å². The van der Waals surface area contributed by atoms with Crippen LogP contribution < -0.4 is 5.14 Å². The first-order valence-electron chi connectivity index (χ1n) is 8.89. The summed E-state index contributed by atoms with van der Waals surface area (Å²) in [7, 11) is 1.74. The second-order valence-corrected chi connectivity index (χ2v) is 8.78. The molecule has 0 radical (unpaired) electrons. The maximum absolute atomic E-state index is 5.10. The second-order valence-electron chi connectivity index (χ2n) is 6.53. The quantitative estimate of drug-likeness (QED) is 0.365. The van der Waals surface area contributed by atoms with Gasteiger partial charge in [0, 0.05) is 12.9 Å². The molecule has 3 rings (SSSR count). The van der Waals surface area contributed by atoms with E-state index in [0.29, 0.717) is 0 Å². The van der Waals surface area contributed by atoms with Gasteiger partial charge in [0.15, 0.2) is 4.34 Å². The fourth-order valence-corrected chi connectivity index (χ4v) is 4.10. The first-order valence-corrected chi connectivity index (χ1v) is 11.2. The highest BCUT2D eigenvalue weighted by atomic mass is 32.2. The fourth-order valence-electron chi connectivity index (χ4n) is 2.08. The molecule has 3 aromatic rings. The molecule has 0 amide bonds. The number of rotatable bonds is 6. The van der Waals surface area contributed by atoms with E-state index in [1.807, 2.05) is 6.07 Å². The van der Waals surface area contributed by atoms with E-state index in [0.717, 1.165) is 34.6 Å². The van der Waals surface area contributed by atoms with Crippen LogP contribution in [-0.2, 0) is 16.9 Å². The Balaban J connectivity index is 0.000000541. The lowest BCUT2D eigenvalue weighted by molar-refractivity contribution is 0.202. The zero-order valence-corrected chi connectivity index (χ0v) is 19.0. The van der Waals surface area contributed by atoms with Crippen LogP contribution in [0.2, 0.25) is 0 Å². The van der Waals surface area contributed by atoms with E-state index >= 15 is 0 Å². The van der Waals surface area contributed by atoms with Gasteiger partial charge in [-0.3, -0.25) is 5.14 Å². The van der Waals surface area contributed by atoms with Gasteiger partial charge in [-0.1, -0.05) is 68.9 Å². The SMILES string of the molecule is CC(C)C.COCCc1ccc(CSc2nc3ccccc3s2)cc1.NS. The van der Waals surface area contributed by atoms with Crippen LogP contribution in [0.1, 0.15) is 31.9 Å². The summed E-state index contributed by atoms with van der Waals surface area (Å²) in [4.78, 5) is 4.65. The number of thioether (sulfide) groups is 1. The number of ether oxygens (including phenoxy) is 1. The van der Waals surface area contributed by atoms with Crippen LogP contribution in [-0.4, -0.2) is 18.7 Å². The molecule has 27 heavy (non-hydrogen) atoms. The molecule has 0 unspecified atom stereocenters. The van der Waals surface area contributed by atoms with E-state index in [9.17, 15) is 0 Å². The van der Waals surface area contributed by atoms with Gasteiger partial charge in [-0.2, -0.15) is 0 Å². The Morgan fingerprint density at radius 1 is 1.04 bits per heavy atom. The van der Waals surface area contributed by atoms with Crippen molar-refractivity contribution in [3.8, 4) is 0 Å². The number of thiol groups is 1. The topological polar surface area (TPSA) is 48.1 Å². The highest BCUT2D eigenvalue weighted by molar-refractivity contribution is 8.00. The molecule has 0 aliphatic rings. The van der Waals surface area contributed by atoms with E-state index in [-0.39, 0.29) is 0 Å². The van der Waals surface area contributed by atoms with Gasteiger partial charge in [0.05, 0.1) is 16.8 Å². The summed E-state index contributed by atoms with van der Waals surface area (Å²) in [5.74, 6) is 1.80. The van der Waals surface area contributed by atoms with Crippen molar-refractivity contribution in [2.45, 2.75) is 37.3 Å². The van der Waals surface area contributed by atoms with Crippen LogP contribution in [0.4, 0.5) is 0 Å². The van der Waals surface area contributed by atoms with E-state index in [2.05, 4.69) is 86.2 Å². The van der Waals surface area contributed by atoms with Crippen molar-refractivity contribution in [3.05, 3.63) is 59.7 Å². The summed E-state index contributed by atoms with van der Waals surface area (Å²) in [6.07, 6.45) is 0.974. The Hall–Kier alpha value is -1.05. The number of hydrogen-bond donors (Lipinski definition) is 2. The number of nitrogens with zero attached hydrogens (tertiary/aromatic N) is 1. The van der Waals surface area contributed by atoms with Crippen molar-refractivity contribution in [1.82, 2.24) is 4.98 Å². The normalized spacial score (nSPS) is 10.2. The van der Waals surface area contributed by atoms with Gasteiger partial charge in [0.2, 0.25) is 0 Å². The lowest BCUT2D eigenvalue weighted by Gasteiger charge is -2.03. The molecule has 0 aliphatic heterocycles. The predicted molar refractivity (Wildman–Crippen MR) is 125 cm³/mol. The molecule has 0 fully saturated rings. The van der Waals surface area contributed by atoms with Crippen LogP contribution in [0.3, 0.4) is 0 Å². The number of para-hydroxylation sites is 1. The zero-order valence-electron chi connectivity index (χ0n) is 16.5. The molecule has 2 N–H and O–H groups in total. The van der Waals surface area contributed by atoms with E-state index in [1.165, 1.54) is 15.8 Å². The zero-order chi connectivity index (χ0) is 20.1. The standard InChI is InChI=1S/C17H17NOS2.C4H10.H3NS/c1-19-11-10-13-6-8-14(9-7-13)12-20-17-18-15-4-2-3-5-16(15)21-17;1-4(2)3;1-2/h2-9H,10-12H2,1H3;4H,1-3H3;2H,1H2. The summed E-state index contributed by atoms with van der Waals surface area (Å²) in [6, 6.07) is 17.1. The minimum Gasteiger partial charge on any atom is -0.384 e. The smallest absolute Gasteiger partial charge is 0.151 e. The number of aromatic nitrogens is 1. The number of thiazole rings is 1. The Morgan fingerprint density at radius 2 is 1.63 bits per heavy atom. The minimum atomic E-state index is 0.778. The van der Waals surface area contributed by atoms with E-state index in [1.54, 1.807) is 30.2 Å². The largest absolute Gasteiger partial charge is 0.384 e. The van der Waals surface area contributed by atoms with Gasteiger partial charge in [-0.05, 0) is 35.6 Å². The second kappa shape index (κ2) is 14.0. The minimum absolute atomic E-state index is 0.778. The number of nitrogens with two attached hydrogens (primary N) is 1. The van der Waals surface area contributed by atoms with Crippen molar-refractivity contribution in [2.24, 2.45) is 11.1 Å². The number of methoxy groups -OCH3 is 1. The van der Waals surface area contributed by atoms with Gasteiger partial charge >= 0.3 is 0 Å². The highest BCUT2D eigenvalue weighted by Crippen LogP contribution is 2.31. The summed E-state index contributed by atoms with van der Waals surface area (Å²) < 4.78 is 7.50. The number of benzene rings is 2. The third-order valence-electron chi connectivity index (χ3n) is 3.25. The third kappa shape index (κ3) is 9.63. The van der Waals surface area contributed by atoms with Gasteiger partial charge in [0.1, 0.15) is 0 Å². The van der Waals surface area contributed by atoms with Crippen LogP contribution in [0.15, 0.2) is 52.9 Å². The lowest BCUT2D eigenvalue weighted by Crippen LogP contribution is -1.94. The Labute approximate surface area is 177 Å². The van der Waals surface area contributed by atoms with Crippen LogP contribution in [0.5, 0.6) is 0 Å². The van der Waals surface area contributed by atoms with Crippen molar-refractivity contribution >= 4 is 46.1 Å². The molecule has 0 atom stereocenters. The third-order valence-corrected chi connectivity index (χ3v) is 5.50. The average molecular weight is 423 g/mol. The molecule has 1 heterocycles. The molecule has 0 saturated carbocycles. The molecule has 0 aliphatic carbocycles. The molecular weight excluding hydrogens is 392 g/mol. The average Bonchev–Trinajstić information content (AvgIpc) is 3.10. The molecule has 0 bridgehead atoms. The monoisotopic (exact) mass is 422 g/mol. The first kappa shape index (κ1) is 24.0. The van der Waals surface area contributed by atoms with Gasteiger partial charge in [-0.15, -0.1) is 24.2 Å². The summed E-state index contributed by atoms with van der Waals surface area (Å²) in [6.45, 7) is 7.28. The molecular formula is C21H30N2OS3. The molecule has 0 spiro atoms. The van der Waals surface area contributed by atoms with Crippen LogP contribution >= 0.6 is 35.9 Å². The van der Waals surface area contributed by atoms with E-state index in [4.69, 9.17) is 4.74 Å². The Bertz CT molecular complexity index is 722. The molecule has 1 aromatic heterocycles. The molecule has 3 nitrogen and oxygen atoms in total. The predicted octanol–water partition coefficient (Wildman–Crippen LogP) is 6.23. The summed E-state index contributed by atoms with van der Waals surface area (Å²) in [5.41, 5.74) is 3.76. The summed E-state index contributed by atoms with van der Waals surface area (Å²) in [5, 5.41) is 4.19. The van der Waals surface area contributed by atoms with Crippen molar-refractivity contribution < 1.29 is 4.74 Å². The fraction of sp³-hybridized carbons (Fsp3) is 0.381. The Kier molecular flexibility index (Phi) is 12.5.